The van der Waals surface area contributed by atoms with Gasteiger partial charge in [0.15, 0.2) is 5.69 Å². The molecule has 7 nitrogen and oxygen atoms in total. The molecule has 2 aromatic carbocycles. The molecule has 2 fully saturated rings. The van der Waals surface area contributed by atoms with E-state index in [9.17, 15) is 27.2 Å². The van der Waals surface area contributed by atoms with Crippen LogP contribution in [-0.4, -0.2) is 57.6 Å². The zero-order valence-corrected chi connectivity index (χ0v) is 21.7. The third kappa shape index (κ3) is 5.38. The standard InChI is InChI=1S/C27H26ClF4N5O2/c1-15-2-3-16(8-22(15)28)23(9-24(33)38)35-11-17-13-36(14-18(17)12-35)26(39)21-10-34-37(25(21)27(30,31)32)20-6-4-19(29)5-7-20/h2-8,10,17-18,23H,9,11-14H2,1H3,(H2,33,38). The number of hydrogen-bond donors (Lipinski definition) is 1. The Morgan fingerprint density at radius 1 is 1.08 bits per heavy atom. The molecular formula is C27H26ClF4N5O2. The molecule has 2 aliphatic rings. The molecule has 3 aromatic rings. The summed E-state index contributed by atoms with van der Waals surface area (Å²) in [5.41, 5.74) is 5.55. The molecule has 0 spiro atoms. The van der Waals surface area contributed by atoms with E-state index in [1.54, 1.807) is 0 Å². The van der Waals surface area contributed by atoms with Crippen molar-refractivity contribution < 1.29 is 27.2 Å². The molecule has 1 aromatic heterocycles. The summed E-state index contributed by atoms with van der Waals surface area (Å²) < 4.78 is 56.2. The van der Waals surface area contributed by atoms with E-state index in [1.165, 1.54) is 17.0 Å². The van der Waals surface area contributed by atoms with Crippen LogP contribution in [0, 0.1) is 24.6 Å². The van der Waals surface area contributed by atoms with Gasteiger partial charge in [0, 0.05) is 43.7 Å². The van der Waals surface area contributed by atoms with Crippen molar-refractivity contribution in [3.05, 3.63) is 81.9 Å². The molecule has 3 unspecified atom stereocenters. The number of hydrogen-bond acceptors (Lipinski definition) is 4. The minimum absolute atomic E-state index is 0.00610. The predicted molar refractivity (Wildman–Crippen MR) is 136 cm³/mol. The molecule has 2 amide bonds. The molecule has 3 heterocycles. The smallest absolute Gasteiger partial charge is 0.370 e. The summed E-state index contributed by atoms with van der Waals surface area (Å²) in [6, 6.07) is 9.73. The van der Waals surface area contributed by atoms with Crippen molar-refractivity contribution in [2.24, 2.45) is 17.6 Å². The molecular weight excluding hydrogens is 538 g/mol. The van der Waals surface area contributed by atoms with E-state index < -0.39 is 35.1 Å². The van der Waals surface area contributed by atoms with E-state index in [-0.39, 0.29) is 43.1 Å². The Kier molecular flexibility index (Phi) is 7.15. The number of carbonyl (C=O) groups is 2. The van der Waals surface area contributed by atoms with Crippen LogP contribution in [0.5, 0.6) is 0 Å². The number of aromatic nitrogens is 2. The Morgan fingerprint density at radius 2 is 1.72 bits per heavy atom. The lowest BCUT2D eigenvalue weighted by atomic mass is 10.0. The van der Waals surface area contributed by atoms with Crippen molar-refractivity contribution in [2.75, 3.05) is 26.2 Å². The molecule has 39 heavy (non-hydrogen) atoms. The second-order valence-corrected chi connectivity index (χ2v) is 10.6. The highest BCUT2D eigenvalue weighted by atomic mass is 35.5. The van der Waals surface area contributed by atoms with Crippen LogP contribution in [0.1, 0.15) is 39.6 Å². The van der Waals surface area contributed by atoms with Crippen LogP contribution in [0.15, 0.2) is 48.7 Å². The zero-order valence-electron chi connectivity index (χ0n) is 21.0. The number of halogens is 5. The van der Waals surface area contributed by atoms with Gasteiger partial charge >= 0.3 is 6.18 Å². The van der Waals surface area contributed by atoms with E-state index in [0.717, 1.165) is 29.5 Å². The van der Waals surface area contributed by atoms with Crippen LogP contribution < -0.4 is 5.73 Å². The lowest BCUT2D eigenvalue weighted by Crippen LogP contribution is -2.36. The number of rotatable bonds is 6. The quantitative estimate of drug-likeness (QED) is 0.444. The SMILES string of the molecule is Cc1ccc(C(CC(N)=O)N2CC3CN(C(=O)c4cnn(-c5ccc(F)cc5)c4C(F)(F)F)CC3C2)cc1Cl. The van der Waals surface area contributed by atoms with E-state index >= 15 is 0 Å². The molecule has 3 atom stereocenters. The number of carbonyl (C=O) groups excluding carboxylic acids is 2. The maximum atomic E-state index is 14.1. The van der Waals surface area contributed by atoms with Gasteiger partial charge in [0.1, 0.15) is 5.82 Å². The normalized spacial score (nSPS) is 20.3. The number of aryl methyl sites for hydroxylation is 1. The molecule has 206 valence electrons. The van der Waals surface area contributed by atoms with E-state index in [2.05, 4.69) is 10.00 Å². The van der Waals surface area contributed by atoms with Gasteiger partial charge in [0.2, 0.25) is 5.91 Å². The fourth-order valence-electron chi connectivity index (χ4n) is 5.64. The largest absolute Gasteiger partial charge is 0.434 e. The van der Waals surface area contributed by atoms with E-state index in [1.807, 2.05) is 25.1 Å². The van der Waals surface area contributed by atoms with Gasteiger partial charge in [0.05, 0.1) is 17.4 Å². The molecule has 2 aliphatic heterocycles. The molecule has 0 bridgehead atoms. The Hall–Kier alpha value is -3.44. The van der Waals surface area contributed by atoms with Crippen LogP contribution >= 0.6 is 11.6 Å². The lowest BCUT2D eigenvalue weighted by molar-refractivity contribution is -0.143. The minimum Gasteiger partial charge on any atom is -0.370 e. The van der Waals surface area contributed by atoms with Gasteiger partial charge in [-0.15, -0.1) is 0 Å². The minimum atomic E-state index is -4.86. The molecule has 5 rings (SSSR count). The summed E-state index contributed by atoms with van der Waals surface area (Å²) in [6.07, 6.45) is -3.85. The number of fused-ring (bicyclic) bond motifs is 1. The van der Waals surface area contributed by atoms with Gasteiger partial charge in [-0.1, -0.05) is 23.7 Å². The molecule has 12 heteroatoms. The fraction of sp³-hybridized carbons (Fsp3) is 0.370. The van der Waals surface area contributed by atoms with Gasteiger partial charge in [-0.2, -0.15) is 18.3 Å². The highest BCUT2D eigenvalue weighted by Gasteiger charge is 2.46. The van der Waals surface area contributed by atoms with Gasteiger partial charge in [-0.25, -0.2) is 9.07 Å². The average Bonchev–Trinajstić information content (AvgIpc) is 3.57. The highest BCUT2D eigenvalue weighted by Crippen LogP contribution is 2.40. The third-order valence-electron chi connectivity index (χ3n) is 7.56. The van der Waals surface area contributed by atoms with Crippen LogP contribution in [0.4, 0.5) is 17.6 Å². The summed E-state index contributed by atoms with van der Waals surface area (Å²) in [5.74, 6) is -1.77. The lowest BCUT2D eigenvalue weighted by Gasteiger charge is -2.29. The van der Waals surface area contributed by atoms with Crippen LogP contribution in [-0.2, 0) is 11.0 Å². The van der Waals surface area contributed by atoms with Crippen molar-refractivity contribution in [1.29, 1.82) is 0 Å². The van der Waals surface area contributed by atoms with Gasteiger partial charge in [0.25, 0.3) is 5.91 Å². The number of amides is 2. The summed E-state index contributed by atoms with van der Waals surface area (Å²) in [4.78, 5) is 28.7. The Morgan fingerprint density at radius 3 is 2.28 bits per heavy atom. The first-order valence-electron chi connectivity index (χ1n) is 12.4. The number of benzene rings is 2. The number of nitrogens with two attached hydrogens (primary N) is 1. The van der Waals surface area contributed by atoms with Crippen LogP contribution in [0.25, 0.3) is 5.69 Å². The summed E-state index contributed by atoms with van der Waals surface area (Å²) in [5, 5.41) is 4.40. The topological polar surface area (TPSA) is 84.5 Å². The first-order chi connectivity index (χ1) is 18.4. The fourth-order valence-corrected chi connectivity index (χ4v) is 5.83. The molecule has 0 radical (unpaired) electrons. The highest BCUT2D eigenvalue weighted by molar-refractivity contribution is 6.31. The van der Waals surface area contributed by atoms with Gasteiger partial charge in [-0.05, 0) is 60.2 Å². The third-order valence-corrected chi connectivity index (χ3v) is 7.96. The Balaban J connectivity index is 1.34. The number of alkyl halides is 3. The van der Waals surface area contributed by atoms with Crippen molar-refractivity contribution in [2.45, 2.75) is 25.6 Å². The number of nitrogens with zero attached hydrogens (tertiary/aromatic N) is 4. The Bertz CT molecular complexity index is 1390. The summed E-state index contributed by atoms with van der Waals surface area (Å²) >= 11 is 6.32. The van der Waals surface area contributed by atoms with E-state index in [4.69, 9.17) is 17.3 Å². The van der Waals surface area contributed by atoms with Crippen molar-refractivity contribution >= 4 is 23.4 Å². The number of likely N-dealkylation sites (tertiary alicyclic amines) is 2. The maximum absolute atomic E-state index is 14.1. The van der Waals surface area contributed by atoms with Crippen molar-refractivity contribution in [1.82, 2.24) is 19.6 Å². The average molecular weight is 564 g/mol. The second kappa shape index (κ2) is 10.3. The van der Waals surface area contributed by atoms with Crippen molar-refractivity contribution in [3.8, 4) is 5.69 Å². The zero-order chi connectivity index (χ0) is 28.1. The Labute approximate surface area is 227 Å². The van der Waals surface area contributed by atoms with Crippen LogP contribution in [0.2, 0.25) is 5.02 Å². The first kappa shape index (κ1) is 27.1. The molecule has 2 N–H and O–H groups in total. The summed E-state index contributed by atoms with van der Waals surface area (Å²) in [7, 11) is 0. The maximum Gasteiger partial charge on any atom is 0.434 e. The number of primary amides is 1. The monoisotopic (exact) mass is 563 g/mol. The van der Waals surface area contributed by atoms with Gasteiger partial charge < -0.3 is 10.6 Å². The van der Waals surface area contributed by atoms with Crippen molar-refractivity contribution in [3.63, 3.8) is 0 Å². The van der Waals surface area contributed by atoms with Gasteiger partial charge in [-0.3, -0.25) is 14.5 Å². The molecule has 0 aliphatic carbocycles. The van der Waals surface area contributed by atoms with Crippen LogP contribution in [0.3, 0.4) is 0 Å². The molecule has 0 saturated carbocycles. The molecule has 2 saturated heterocycles. The second-order valence-electron chi connectivity index (χ2n) is 10.2. The summed E-state index contributed by atoms with van der Waals surface area (Å²) in [6.45, 7) is 3.54. The first-order valence-corrected chi connectivity index (χ1v) is 12.8. The predicted octanol–water partition coefficient (Wildman–Crippen LogP) is 4.61. The van der Waals surface area contributed by atoms with E-state index in [0.29, 0.717) is 22.8 Å².